The smallest absolute Gasteiger partial charge is 0.306 e. The van der Waals surface area contributed by atoms with Gasteiger partial charge < -0.3 is 14.6 Å². The molecule has 0 radical (unpaired) electrons. The molecular weight excluding hydrogens is 945 g/mol. The highest BCUT2D eigenvalue weighted by Crippen LogP contribution is 2.18. The van der Waals surface area contributed by atoms with Crippen molar-refractivity contribution in [3.05, 3.63) is 85.1 Å². The highest BCUT2D eigenvalue weighted by molar-refractivity contribution is 5.70. The summed E-state index contributed by atoms with van der Waals surface area (Å²) in [6.07, 6.45) is 94.6. The lowest BCUT2D eigenvalue weighted by molar-refractivity contribution is -0.161. The molecule has 0 aliphatic carbocycles. The van der Waals surface area contributed by atoms with Gasteiger partial charge in [0.15, 0.2) is 6.10 Å². The van der Waals surface area contributed by atoms with E-state index >= 15 is 0 Å². The standard InChI is InChI=1S/C72H128O5/c1-3-5-7-9-11-13-15-17-19-21-23-25-27-29-30-31-32-33-34-35-36-37-38-39-40-41-42-43-45-47-49-51-53-55-57-59-61-63-65-67-72(75)77-70(68-73)69-76-71(74)66-64-62-60-58-56-54-52-50-48-46-44-28-26-24-22-20-18-16-14-12-10-8-6-4-2/h5,7,11,13,17,19,23,25,29-30,32-33,35-36,70,73H,3-4,6,8-10,12,14-16,18,20-22,24,26-28,31,34,37-69H2,1-2H3/b7-5-,13-11-,19-17-,25-23-,30-29-,33-32-,36-35-. The van der Waals surface area contributed by atoms with Crippen molar-refractivity contribution in [3.63, 3.8) is 0 Å². The van der Waals surface area contributed by atoms with Crippen LogP contribution >= 0.6 is 0 Å². The number of rotatable bonds is 62. The summed E-state index contributed by atoms with van der Waals surface area (Å²) in [7, 11) is 0. The third-order valence-electron chi connectivity index (χ3n) is 15.0. The molecule has 1 unspecified atom stereocenters. The van der Waals surface area contributed by atoms with Gasteiger partial charge in [0.05, 0.1) is 6.61 Å². The third-order valence-corrected chi connectivity index (χ3v) is 15.0. The quantitative estimate of drug-likeness (QED) is 0.0373. The maximum Gasteiger partial charge on any atom is 0.306 e. The number of esters is 2. The molecule has 0 bridgehead atoms. The molecule has 0 spiro atoms. The Kier molecular flexibility index (Phi) is 64.8. The largest absolute Gasteiger partial charge is 0.462 e. The molecule has 0 aliphatic heterocycles. The van der Waals surface area contributed by atoms with Gasteiger partial charge in [0.1, 0.15) is 6.61 Å². The van der Waals surface area contributed by atoms with Crippen molar-refractivity contribution in [2.45, 2.75) is 347 Å². The van der Waals surface area contributed by atoms with E-state index in [-0.39, 0.29) is 25.2 Å². The number of allylic oxidation sites excluding steroid dienone is 14. The first-order chi connectivity index (χ1) is 38.1. The lowest BCUT2D eigenvalue weighted by Gasteiger charge is -2.15. The first kappa shape index (κ1) is 74.1. The number of aliphatic hydroxyl groups excluding tert-OH is 1. The lowest BCUT2D eigenvalue weighted by Crippen LogP contribution is -2.28. The number of ether oxygens (including phenoxy) is 2. The molecule has 0 aromatic carbocycles. The van der Waals surface area contributed by atoms with Crippen LogP contribution < -0.4 is 0 Å². The molecule has 0 rings (SSSR count). The fraction of sp³-hybridized carbons (Fsp3) is 0.778. The fourth-order valence-corrected chi connectivity index (χ4v) is 9.95. The Hall–Kier alpha value is -2.92. The van der Waals surface area contributed by atoms with Crippen molar-refractivity contribution in [2.24, 2.45) is 0 Å². The molecule has 0 fully saturated rings. The average molecular weight is 1070 g/mol. The summed E-state index contributed by atoms with van der Waals surface area (Å²) in [5, 5.41) is 9.69. The van der Waals surface area contributed by atoms with Gasteiger partial charge in [0, 0.05) is 12.8 Å². The van der Waals surface area contributed by atoms with Crippen LogP contribution in [-0.2, 0) is 19.1 Å². The van der Waals surface area contributed by atoms with Crippen LogP contribution in [0.4, 0.5) is 0 Å². The molecule has 0 heterocycles. The van der Waals surface area contributed by atoms with Crippen LogP contribution in [0, 0.1) is 0 Å². The molecule has 0 aliphatic rings. The molecule has 5 heteroatoms. The second-order valence-electron chi connectivity index (χ2n) is 22.5. The summed E-state index contributed by atoms with van der Waals surface area (Å²) in [4.78, 5) is 24.6. The van der Waals surface area contributed by atoms with Crippen molar-refractivity contribution < 1.29 is 24.2 Å². The third kappa shape index (κ3) is 65.5. The SMILES string of the molecule is CC/C=C\C/C=C\C/C=C\C/C=C\C/C=C\C/C=C\C/C=C\CCCCCCCCCCCCCCCCCCCC(=O)OC(CO)COC(=O)CCCCCCCCCCCCCCCCCCCCCCCCCC. The molecule has 0 saturated carbocycles. The molecule has 1 atom stereocenters. The van der Waals surface area contributed by atoms with E-state index in [2.05, 4.69) is 98.9 Å². The van der Waals surface area contributed by atoms with Gasteiger partial charge >= 0.3 is 11.9 Å². The molecular formula is C72H128O5. The maximum atomic E-state index is 12.4. The van der Waals surface area contributed by atoms with E-state index in [1.54, 1.807) is 0 Å². The lowest BCUT2D eigenvalue weighted by atomic mass is 10.0. The van der Waals surface area contributed by atoms with Gasteiger partial charge in [0.25, 0.3) is 0 Å². The number of hydrogen-bond donors (Lipinski definition) is 1. The Balaban J connectivity index is 3.44. The Morgan fingerprint density at radius 2 is 0.558 bits per heavy atom. The van der Waals surface area contributed by atoms with E-state index < -0.39 is 6.10 Å². The zero-order valence-electron chi connectivity index (χ0n) is 51.2. The zero-order valence-corrected chi connectivity index (χ0v) is 51.2. The number of carbonyl (C=O) groups is 2. The molecule has 77 heavy (non-hydrogen) atoms. The normalized spacial score (nSPS) is 12.7. The van der Waals surface area contributed by atoms with Crippen LogP contribution in [0.1, 0.15) is 341 Å². The number of hydrogen-bond acceptors (Lipinski definition) is 5. The molecule has 0 saturated heterocycles. The minimum Gasteiger partial charge on any atom is -0.462 e. The van der Waals surface area contributed by atoms with E-state index in [0.717, 1.165) is 83.5 Å². The van der Waals surface area contributed by atoms with E-state index in [4.69, 9.17) is 9.47 Å². The first-order valence-corrected chi connectivity index (χ1v) is 33.6. The summed E-state index contributed by atoms with van der Waals surface area (Å²) in [5.41, 5.74) is 0. The van der Waals surface area contributed by atoms with Crippen LogP contribution in [0.3, 0.4) is 0 Å². The molecule has 446 valence electrons. The van der Waals surface area contributed by atoms with Gasteiger partial charge in [0.2, 0.25) is 0 Å². The van der Waals surface area contributed by atoms with Gasteiger partial charge in [-0.2, -0.15) is 0 Å². The van der Waals surface area contributed by atoms with E-state index in [0.29, 0.717) is 12.8 Å². The Morgan fingerprint density at radius 3 is 0.844 bits per heavy atom. The summed E-state index contributed by atoms with van der Waals surface area (Å²) in [6, 6.07) is 0. The monoisotopic (exact) mass is 1070 g/mol. The number of carbonyl (C=O) groups excluding carboxylic acids is 2. The van der Waals surface area contributed by atoms with Gasteiger partial charge in [-0.3, -0.25) is 9.59 Å². The summed E-state index contributed by atoms with van der Waals surface area (Å²) in [5.74, 6) is -0.573. The van der Waals surface area contributed by atoms with Gasteiger partial charge in [-0.15, -0.1) is 0 Å². The average Bonchev–Trinajstić information content (AvgIpc) is 3.43. The predicted molar refractivity (Wildman–Crippen MR) is 339 cm³/mol. The molecule has 0 amide bonds. The van der Waals surface area contributed by atoms with Crippen LogP contribution in [0.2, 0.25) is 0 Å². The summed E-state index contributed by atoms with van der Waals surface area (Å²) >= 11 is 0. The number of aliphatic hydroxyl groups is 1. The summed E-state index contributed by atoms with van der Waals surface area (Å²) in [6.45, 7) is 4.07. The molecule has 1 N–H and O–H groups in total. The maximum absolute atomic E-state index is 12.4. The van der Waals surface area contributed by atoms with E-state index in [1.165, 1.54) is 231 Å². The highest BCUT2D eigenvalue weighted by Gasteiger charge is 2.16. The van der Waals surface area contributed by atoms with Crippen molar-refractivity contribution in [2.75, 3.05) is 13.2 Å². The second kappa shape index (κ2) is 67.4. The topological polar surface area (TPSA) is 72.8 Å². The Bertz CT molecular complexity index is 1400. The van der Waals surface area contributed by atoms with Crippen molar-refractivity contribution in [3.8, 4) is 0 Å². The van der Waals surface area contributed by atoms with Crippen molar-refractivity contribution in [1.82, 2.24) is 0 Å². The summed E-state index contributed by atoms with van der Waals surface area (Å²) < 4.78 is 10.8. The van der Waals surface area contributed by atoms with Crippen LogP contribution in [0.5, 0.6) is 0 Å². The van der Waals surface area contributed by atoms with Gasteiger partial charge in [-0.1, -0.05) is 343 Å². The minimum atomic E-state index is -0.773. The number of unbranched alkanes of at least 4 members (excludes halogenated alkanes) is 40. The highest BCUT2D eigenvalue weighted by atomic mass is 16.6. The van der Waals surface area contributed by atoms with E-state index in [1.807, 2.05) is 0 Å². The predicted octanol–water partition coefficient (Wildman–Crippen LogP) is 23.3. The Labute approximate surface area is 479 Å². The van der Waals surface area contributed by atoms with Crippen molar-refractivity contribution >= 4 is 11.9 Å². The fourth-order valence-electron chi connectivity index (χ4n) is 9.95. The Morgan fingerprint density at radius 1 is 0.312 bits per heavy atom. The van der Waals surface area contributed by atoms with Crippen LogP contribution in [-0.4, -0.2) is 36.4 Å². The zero-order chi connectivity index (χ0) is 55.5. The first-order valence-electron chi connectivity index (χ1n) is 33.6. The van der Waals surface area contributed by atoms with Crippen molar-refractivity contribution in [1.29, 1.82) is 0 Å². The second-order valence-corrected chi connectivity index (χ2v) is 22.5. The van der Waals surface area contributed by atoms with Gasteiger partial charge in [-0.25, -0.2) is 0 Å². The van der Waals surface area contributed by atoms with Gasteiger partial charge in [-0.05, 0) is 70.6 Å². The molecule has 0 aromatic rings. The van der Waals surface area contributed by atoms with Crippen LogP contribution in [0.25, 0.3) is 0 Å². The minimum absolute atomic E-state index is 0.0622. The molecule has 5 nitrogen and oxygen atoms in total. The van der Waals surface area contributed by atoms with E-state index in [9.17, 15) is 14.7 Å². The van der Waals surface area contributed by atoms with Crippen LogP contribution in [0.15, 0.2) is 85.1 Å². The molecule has 0 aromatic heterocycles.